The Hall–Kier alpha value is -3.82. The topological polar surface area (TPSA) is 38.7 Å². The highest BCUT2D eigenvalue weighted by Gasteiger charge is 2.41. The van der Waals surface area contributed by atoms with Crippen LogP contribution in [0.3, 0.4) is 0 Å². The van der Waals surface area contributed by atoms with Gasteiger partial charge in [0.2, 0.25) is 5.28 Å². The van der Waals surface area contributed by atoms with Crippen LogP contribution < -0.4 is 0 Å². The minimum Gasteiger partial charge on any atom is -0.208 e. The first-order chi connectivity index (χ1) is 18.2. The summed E-state index contributed by atoms with van der Waals surface area (Å²) in [6, 6.07) is 33.8. The molecule has 1 aliphatic rings. The molecule has 5 aromatic rings. The van der Waals surface area contributed by atoms with Crippen LogP contribution in [-0.4, -0.2) is 15.0 Å². The van der Waals surface area contributed by atoms with E-state index in [0.29, 0.717) is 11.6 Å². The highest BCUT2D eigenvalue weighted by molar-refractivity contribution is 6.28. The summed E-state index contributed by atoms with van der Waals surface area (Å²) < 4.78 is 0. The summed E-state index contributed by atoms with van der Waals surface area (Å²) in [7, 11) is 0. The monoisotopic (exact) mass is 515 g/mol. The Morgan fingerprint density at radius 2 is 1.00 bits per heavy atom. The fraction of sp³-hybridized carbons (Fsp3) is 0.206. The van der Waals surface area contributed by atoms with E-state index in [-0.39, 0.29) is 16.1 Å². The van der Waals surface area contributed by atoms with Crippen LogP contribution in [0.1, 0.15) is 45.2 Å². The number of rotatable bonds is 4. The molecule has 3 nitrogen and oxygen atoms in total. The number of hydrogen-bond acceptors (Lipinski definition) is 3. The Labute approximate surface area is 229 Å². The zero-order chi connectivity index (χ0) is 26.5. The molecule has 188 valence electrons. The molecule has 0 N–H and O–H groups in total. The highest BCUT2D eigenvalue weighted by atomic mass is 35.5. The van der Waals surface area contributed by atoms with Gasteiger partial charge < -0.3 is 0 Å². The Morgan fingerprint density at radius 3 is 1.58 bits per heavy atom. The van der Waals surface area contributed by atoms with Gasteiger partial charge in [0.1, 0.15) is 0 Å². The lowest BCUT2D eigenvalue weighted by Crippen LogP contribution is -2.17. The van der Waals surface area contributed by atoms with E-state index in [0.717, 1.165) is 39.8 Å². The molecule has 0 amide bonds. The third-order valence-corrected chi connectivity index (χ3v) is 7.80. The molecule has 0 fully saturated rings. The van der Waals surface area contributed by atoms with E-state index in [4.69, 9.17) is 16.6 Å². The molecule has 4 aromatic carbocycles. The van der Waals surface area contributed by atoms with Crippen molar-refractivity contribution >= 4 is 11.6 Å². The van der Waals surface area contributed by atoms with E-state index in [2.05, 4.69) is 123 Å². The van der Waals surface area contributed by atoms with Gasteiger partial charge in [-0.25, -0.2) is 4.98 Å². The van der Waals surface area contributed by atoms with Crippen LogP contribution in [0.5, 0.6) is 0 Å². The van der Waals surface area contributed by atoms with Gasteiger partial charge >= 0.3 is 0 Å². The van der Waals surface area contributed by atoms with Crippen LogP contribution in [0.2, 0.25) is 5.28 Å². The predicted molar refractivity (Wildman–Crippen MR) is 157 cm³/mol. The van der Waals surface area contributed by atoms with Gasteiger partial charge in [0, 0.05) is 11.1 Å². The van der Waals surface area contributed by atoms with Crippen LogP contribution >= 0.6 is 11.6 Å². The van der Waals surface area contributed by atoms with Crippen molar-refractivity contribution in [1.82, 2.24) is 15.0 Å². The molecular formula is C34H30ClN3. The van der Waals surface area contributed by atoms with E-state index in [9.17, 15) is 0 Å². The van der Waals surface area contributed by atoms with E-state index in [1.807, 2.05) is 12.1 Å². The highest BCUT2D eigenvalue weighted by Crippen LogP contribution is 2.50. The second-order valence-corrected chi connectivity index (χ2v) is 11.8. The molecular weight excluding hydrogens is 486 g/mol. The minimum atomic E-state index is 0.0864. The van der Waals surface area contributed by atoms with Gasteiger partial charge in [-0.3, -0.25) is 0 Å². The molecule has 0 saturated heterocycles. The summed E-state index contributed by atoms with van der Waals surface area (Å²) in [5.41, 5.74) is 9.31. The first-order valence-corrected chi connectivity index (χ1v) is 13.4. The predicted octanol–water partition coefficient (Wildman–Crippen LogP) is 9.15. The van der Waals surface area contributed by atoms with Crippen molar-refractivity contribution in [3.05, 3.63) is 113 Å². The van der Waals surface area contributed by atoms with E-state index in [1.165, 1.54) is 11.1 Å². The molecule has 4 heteroatoms. The zero-order valence-electron chi connectivity index (χ0n) is 22.2. The fourth-order valence-corrected chi connectivity index (χ4v) is 6.25. The summed E-state index contributed by atoms with van der Waals surface area (Å²) in [4.78, 5) is 14.1. The van der Waals surface area contributed by atoms with Gasteiger partial charge in [-0.1, -0.05) is 100 Å². The number of fused-ring (bicyclic) bond motifs is 1. The molecule has 1 aromatic heterocycles. The quantitative estimate of drug-likeness (QED) is 0.239. The summed E-state index contributed by atoms with van der Waals surface area (Å²) in [6.45, 7) is 9.27. The van der Waals surface area contributed by atoms with Crippen molar-refractivity contribution in [2.75, 3.05) is 0 Å². The van der Waals surface area contributed by atoms with Crippen molar-refractivity contribution in [3.8, 4) is 45.0 Å². The Kier molecular flexibility index (Phi) is 5.92. The van der Waals surface area contributed by atoms with Crippen molar-refractivity contribution in [2.24, 2.45) is 0 Å². The van der Waals surface area contributed by atoms with Gasteiger partial charge in [0.25, 0.3) is 0 Å². The lowest BCUT2D eigenvalue weighted by Gasteiger charge is -2.22. The van der Waals surface area contributed by atoms with Gasteiger partial charge in [-0.15, -0.1) is 0 Å². The van der Waals surface area contributed by atoms with E-state index in [1.54, 1.807) is 0 Å². The zero-order valence-corrected chi connectivity index (χ0v) is 22.9. The minimum absolute atomic E-state index is 0.0864. The summed E-state index contributed by atoms with van der Waals surface area (Å²) >= 11 is 6.52. The van der Waals surface area contributed by atoms with Crippen molar-refractivity contribution < 1.29 is 0 Å². The van der Waals surface area contributed by atoms with Crippen molar-refractivity contribution in [1.29, 1.82) is 0 Å². The molecule has 38 heavy (non-hydrogen) atoms. The molecule has 0 radical (unpaired) electrons. The average molecular weight is 516 g/mol. The average Bonchev–Trinajstić information content (AvgIpc) is 3.11. The third kappa shape index (κ3) is 4.52. The normalized spacial score (nSPS) is 15.3. The van der Waals surface area contributed by atoms with Crippen LogP contribution in [0.25, 0.3) is 45.0 Å². The maximum Gasteiger partial charge on any atom is 0.226 e. The fourth-order valence-electron chi connectivity index (χ4n) is 6.09. The maximum absolute atomic E-state index is 6.52. The second-order valence-electron chi connectivity index (χ2n) is 11.5. The van der Waals surface area contributed by atoms with Crippen LogP contribution in [0.15, 0.2) is 97.1 Å². The first kappa shape index (κ1) is 24.5. The SMILES string of the molecule is CC1(C)CC(C)(C)c2cc(-c3nc(Cl)nc(-c4cc(-c5ccccc5)cc(-c5ccccc5)c4)n3)ccc21. The standard InChI is InChI=1S/C34H30ClN3/c1-33(2)21-34(3,4)29-20-24(15-16-28(29)33)30-36-31(38-32(35)37-30)27-18-25(22-11-7-5-8-12-22)17-26(19-27)23-13-9-6-10-14-23/h5-20H,21H2,1-4H3. The van der Waals surface area contributed by atoms with Crippen LogP contribution in [-0.2, 0) is 10.8 Å². The van der Waals surface area contributed by atoms with Gasteiger partial charge in [0.05, 0.1) is 0 Å². The Bertz CT molecular complexity index is 1580. The Balaban J connectivity index is 1.50. The largest absolute Gasteiger partial charge is 0.226 e. The summed E-state index contributed by atoms with van der Waals surface area (Å²) in [5, 5.41) is 0.191. The number of halogens is 1. The van der Waals surface area contributed by atoms with Gasteiger partial charge in [-0.2, -0.15) is 9.97 Å². The van der Waals surface area contributed by atoms with Gasteiger partial charge in [0.15, 0.2) is 11.6 Å². The van der Waals surface area contributed by atoms with Crippen LogP contribution in [0, 0.1) is 0 Å². The molecule has 0 aliphatic heterocycles. The van der Waals surface area contributed by atoms with Crippen molar-refractivity contribution in [3.63, 3.8) is 0 Å². The summed E-state index contributed by atoms with van der Waals surface area (Å²) in [6.07, 6.45) is 1.11. The molecule has 1 aliphatic carbocycles. The molecule has 6 rings (SSSR count). The molecule has 0 saturated carbocycles. The smallest absolute Gasteiger partial charge is 0.208 e. The lowest BCUT2D eigenvalue weighted by atomic mass is 9.82. The molecule has 0 bridgehead atoms. The number of aromatic nitrogens is 3. The number of nitrogens with zero attached hydrogens (tertiary/aromatic N) is 3. The third-order valence-electron chi connectivity index (χ3n) is 7.63. The van der Waals surface area contributed by atoms with Gasteiger partial charge in [-0.05, 0) is 86.5 Å². The number of hydrogen-bond donors (Lipinski definition) is 0. The molecule has 1 heterocycles. The first-order valence-electron chi connectivity index (χ1n) is 13.0. The molecule has 0 atom stereocenters. The van der Waals surface area contributed by atoms with E-state index >= 15 is 0 Å². The van der Waals surface area contributed by atoms with E-state index < -0.39 is 0 Å². The molecule has 0 spiro atoms. The summed E-state index contributed by atoms with van der Waals surface area (Å²) in [5.74, 6) is 1.16. The Morgan fingerprint density at radius 1 is 0.500 bits per heavy atom. The second kappa shape index (κ2) is 9.18. The lowest BCUT2D eigenvalue weighted by molar-refractivity contribution is 0.403. The molecule has 0 unspecified atom stereocenters. The van der Waals surface area contributed by atoms with Crippen molar-refractivity contribution in [2.45, 2.75) is 44.9 Å². The number of benzene rings is 4. The maximum atomic E-state index is 6.52. The van der Waals surface area contributed by atoms with Crippen LogP contribution in [0.4, 0.5) is 0 Å².